The predicted molar refractivity (Wildman–Crippen MR) is 109 cm³/mol. The van der Waals surface area contributed by atoms with Crippen molar-refractivity contribution < 1.29 is 4.79 Å². The number of fused-ring (bicyclic) bond motifs is 1. The SMILES string of the molecule is O=C(NC1CC1)C1CCN(c2nc3ccc(-c4ccccc4)nc3s2)CC1. The van der Waals surface area contributed by atoms with Crippen LogP contribution in [0.25, 0.3) is 21.6 Å². The Kier molecular flexibility index (Phi) is 4.28. The minimum atomic E-state index is 0.152. The molecule has 2 fully saturated rings. The second-order valence-corrected chi connectivity index (χ2v) is 8.38. The van der Waals surface area contributed by atoms with E-state index in [0.29, 0.717) is 6.04 Å². The second-order valence-electron chi connectivity index (χ2n) is 7.43. The number of nitrogens with one attached hydrogen (secondary N) is 1. The van der Waals surface area contributed by atoms with Gasteiger partial charge in [-0.05, 0) is 37.8 Å². The molecule has 0 spiro atoms. The number of hydrogen-bond acceptors (Lipinski definition) is 5. The number of hydrogen-bond donors (Lipinski definition) is 1. The van der Waals surface area contributed by atoms with Gasteiger partial charge in [0.25, 0.3) is 0 Å². The summed E-state index contributed by atoms with van der Waals surface area (Å²) >= 11 is 1.65. The lowest BCUT2D eigenvalue weighted by Crippen LogP contribution is -2.41. The number of aromatic nitrogens is 2. The van der Waals surface area contributed by atoms with Crippen LogP contribution in [-0.4, -0.2) is 35.0 Å². The predicted octanol–water partition coefficient (Wildman–Crippen LogP) is 3.85. The number of rotatable bonds is 4. The van der Waals surface area contributed by atoms with Crippen molar-refractivity contribution in [3.05, 3.63) is 42.5 Å². The summed E-state index contributed by atoms with van der Waals surface area (Å²) in [5, 5.41) is 4.16. The Hall–Kier alpha value is -2.47. The quantitative estimate of drug-likeness (QED) is 0.749. The fourth-order valence-electron chi connectivity index (χ4n) is 3.59. The van der Waals surface area contributed by atoms with Crippen molar-refractivity contribution in [1.29, 1.82) is 0 Å². The smallest absolute Gasteiger partial charge is 0.223 e. The number of carbonyl (C=O) groups is 1. The standard InChI is InChI=1S/C21H22N4OS/c26-19(22-16-6-7-16)15-10-12-25(13-11-15)21-24-18-9-8-17(23-20(18)27-21)14-4-2-1-3-5-14/h1-5,8-9,15-16H,6-7,10-13H2,(H,22,26). The first-order valence-corrected chi connectivity index (χ1v) is 10.5. The summed E-state index contributed by atoms with van der Waals surface area (Å²) in [7, 11) is 0. The number of carbonyl (C=O) groups excluding carboxylic acids is 1. The summed E-state index contributed by atoms with van der Waals surface area (Å²) in [5.74, 6) is 0.398. The Balaban J connectivity index is 1.30. The molecule has 0 unspecified atom stereocenters. The molecule has 1 aliphatic heterocycles. The van der Waals surface area contributed by atoms with Crippen molar-refractivity contribution in [1.82, 2.24) is 15.3 Å². The van der Waals surface area contributed by atoms with Crippen molar-refractivity contribution >= 4 is 32.7 Å². The molecule has 6 heteroatoms. The maximum absolute atomic E-state index is 12.3. The molecule has 0 radical (unpaired) electrons. The van der Waals surface area contributed by atoms with Gasteiger partial charge in [-0.15, -0.1) is 0 Å². The maximum Gasteiger partial charge on any atom is 0.223 e. The minimum absolute atomic E-state index is 0.152. The highest BCUT2D eigenvalue weighted by atomic mass is 32.1. The van der Waals surface area contributed by atoms with Gasteiger partial charge in [0.2, 0.25) is 5.91 Å². The normalized spacial score (nSPS) is 18.0. The number of amides is 1. The number of anilines is 1. The molecule has 1 saturated heterocycles. The van der Waals surface area contributed by atoms with E-state index in [4.69, 9.17) is 9.97 Å². The van der Waals surface area contributed by atoms with Gasteiger partial charge in [-0.25, -0.2) is 9.97 Å². The fourth-order valence-corrected chi connectivity index (χ4v) is 4.58. The summed E-state index contributed by atoms with van der Waals surface area (Å²) in [6.07, 6.45) is 4.09. The second kappa shape index (κ2) is 6.93. The molecule has 1 N–H and O–H groups in total. The minimum Gasteiger partial charge on any atom is -0.353 e. The lowest BCUT2D eigenvalue weighted by atomic mass is 9.96. The van der Waals surface area contributed by atoms with E-state index in [0.717, 1.165) is 65.5 Å². The molecule has 2 aromatic heterocycles. The average molecular weight is 379 g/mol. The Morgan fingerprint density at radius 1 is 1.00 bits per heavy atom. The van der Waals surface area contributed by atoms with Crippen LogP contribution in [0.1, 0.15) is 25.7 Å². The topological polar surface area (TPSA) is 58.1 Å². The largest absolute Gasteiger partial charge is 0.353 e. The molecular weight excluding hydrogens is 356 g/mol. The molecule has 3 aromatic rings. The van der Waals surface area contributed by atoms with E-state index in [1.165, 1.54) is 0 Å². The molecular formula is C21H22N4OS. The average Bonchev–Trinajstić information content (AvgIpc) is 3.43. The molecule has 0 atom stereocenters. The molecule has 1 aromatic carbocycles. The third-order valence-electron chi connectivity index (χ3n) is 5.37. The summed E-state index contributed by atoms with van der Waals surface area (Å²) in [6, 6.07) is 14.8. The zero-order valence-corrected chi connectivity index (χ0v) is 15.9. The molecule has 1 aliphatic carbocycles. The van der Waals surface area contributed by atoms with Gasteiger partial charge in [-0.1, -0.05) is 41.7 Å². The van der Waals surface area contributed by atoms with Gasteiger partial charge in [0, 0.05) is 30.6 Å². The number of benzene rings is 1. The van der Waals surface area contributed by atoms with E-state index in [2.05, 4.69) is 28.4 Å². The van der Waals surface area contributed by atoms with Crippen molar-refractivity contribution in [2.75, 3.05) is 18.0 Å². The molecule has 5 rings (SSSR count). The summed E-state index contributed by atoms with van der Waals surface area (Å²) < 4.78 is 0. The number of pyridine rings is 1. The zero-order valence-electron chi connectivity index (χ0n) is 15.1. The number of piperidine rings is 1. The van der Waals surface area contributed by atoms with Crippen LogP contribution in [0, 0.1) is 5.92 Å². The highest BCUT2D eigenvalue weighted by Crippen LogP contribution is 2.32. The summed E-state index contributed by atoms with van der Waals surface area (Å²) in [4.78, 5) is 25.1. The van der Waals surface area contributed by atoms with Gasteiger partial charge < -0.3 is 10.2 Å². The van der Waals surface area contributed by atoms with E-state index < -0.39 is 0 Å². The lowest BCUT2D eigenvalue weighted by Gasteiger charge is -2.30. The summed E-state index contributed by atoms with van der Waals surface area (Å²) in [6.45, 7) is 1.77. The van der Waals surface area contributed by atoms with Gasteiger partial charge in [0.15, 0.2) is 5.13 Å². The molecule has 27 heavy (non-hydrogen) atoms. The van der Waals surface area contributed by atoms with Gasteiger partial charge in [-0.3, -0.25) is 4.79 Å². The monoisotopic (exact) mass is 378 g/mol. The number of thiazole rings is 1. The third-order valence-corrected chi connectivity index (χ3v) is 6.40. The molecule has 0 bridgehead atoms. The first kappa shape index (κ1) is 16.7. The maximum atomic E-state index is 12.3. The van der Waals surface area contributed by atoms with Crippen LogP contribution in [0.3, 0.4) is 0 Å². The molecule has 138 valence electrons. The fraction of sp³-hybridized carbons (Fsp3) is 0.381. The van der Waals surface area contributed by atoms with E-state index in [-0.39, 0.29) is 11.8 Å². The van der Waals surface area contributed by atoms with E-state index in [1.54, 1.807) is 11.3 Å². The van der Waals surface area contributed by atoms with Gasteiger partial charge in [0.05, 0.1) is 5.69 Å². The highest BCUT2D eigenvalue weighted by molar-refractivity contribution is 7.21. The Labute approximate surface area is 162 Å². The van der Waals surface area contributed by atoms with Crippen molar-refractivity contribution in [3.8, 4) is 11.3 Å². The summed E-state index contributed by atoms with van der Waals surface area (Å²) in [5.41, 5.74) is 3.05. The Morgan fingerprint density at radius 2 is 1.78 bits per heavy atom. The van der Waals surface area contributed by atoms with Crippen LogP contribution in [0.2, 0.25) is 0 Å². The van der Waals surface area contributed by atoms with E-state index in [9.17, 15) is 4.79 Å². The van der Waals surface area contributed by atoms with Crippen molar-refractivity contribution in [2.45, 2.75) is 31.7 Å². The van der Waals surface area contributed by atoms with Crippen LogP contribution >= 0.6 is 11.3 Å². The van der Waals surface area contributed by atoms with E-state index >= 15 is 0 Å². The van der Waals surface area contributed by atoms with E-state index in [1.807, 2.05) is 24.3 Å². The molecule has 1 saturated carbocycles. The molecule has 5 nitrogen and oxygen atoms in total. The van der Waals surface area contributed by atoms with Crippen molar-refractivity contribution in [2.24, 2.45) is 5.92 Å². The van der Waals surface area contributed by atoms with Gasteiger partial charge in [-0.2, -0.15) is 0 Å². The molecule has 1 amide bonds. The Morgan fingerprint density at radius 3 is 2.52 bits per heavy atom. The van der Waals surface area contributed by atoms with Crippen molar-refractivity contribution in [3.63, 3.8) is 0 Å². The molecule has 2 aliphatic rings. The highest BCUT2D eigenvalue weighted by Gasteiger charge is 2.30. The first-order chi connectivity index (χ1) is 13.3. The third kappa shape index (κ3) is 3.54. The molecule has 3 heterocycles. The van der Waals surface area contributed by atoms with Crippen LogP contribution in [0.5, 0.6) is 0 Å². The van der Waals surface area contributed by atoms with Gasteiger partial charge >= 0.3 is 0 Å². The van der Waals surface area contributed by atoms with Crippen LogP contribution in [0.4, 0.5) is 5.13 Å². The Bertz CT molecular complexity index is 959. The number of nitrogens with zero attached hydrogens (tertiary/aromatic N) is 3. The van der Waals surface area contributed by atoms with Gasteiger partial charge in [0.1, 0.15) is 10.3 Å². The van der Waals surface area contributed by atoms with Crippen LogP contribution in [0.15, 0.2) is 42.5 Å². The zero-order chi connectivity index (χ0) is 18.2. The first-order valence-electron chi connectivity index (χ1n) is 9.64. The lowest BCUT2D eigenvalue weighted by molar-refractivity contribution is -0.125. The van der Waals surface area contributed by atoms with Crippen LogP contribution in [-0.2, 0) is 4.79 Å². The van der Waals surface area contributed by atoms with Crippen LogP contribution < -0.4 is 10.2 Å².